The van der Waals surface area contributed by atoms with Gasteiger partial charge in [-0.2, -0.15) is 0 Å². The molecule has 0 spiro atoms. The molecule has 0 atom stereocenters. The number of fused-ring (bicyclic) bond motifs is 3. The van der Waals surface area contributed by atoms with Crippen LogP contribution in [0.25, 0.3) is 33.5 Å². The van der Waals surface area contributed by atoms with Crippen molar-refractivity contribution in [2.45, 2.75) is 73.4 Å². The van der Waals surface area contributed by atoms with Gasteiger partial charge in [0.25, 0.3) is 16.7 Å². The van der Waals surface area contributed by atoms with Crippen LogP contribution < -0.4 is 87.0 Å². The number of imidazole rings is 3. The first-order chi connectivity index (χ1) is 58.7. The third kappa shape index (κ3) is 25.6. The molecule has 0 bridgehead atoms. The van der Waals surface area contributed by atoms with E-state index in [-0.39, 0.29) is 132 Å². The summed E-state index contributed by atoms with van der Waals surface area (Å²) in [5, 5.41) is 12.8. The average Bonchev–Trinajstić information content (AvgIpc) is 1.71. The largest absolute Gasteiger partial charge is 0.382 e. The second kappa shape index (κ2) is 42.9. The maximum atomic E-state index is 14.3. The fourth-order valence-electron chi connectivity index (χ4n) is 11.8. The highest BCUT2D eigenvalue weighted by Crippen LogP contribution is 2.18. The molecule has 53 nitrogen and oxygen atoms in total. The number of ketones is 1. The van der Waals surface area contributed by atoms with E-state index in [4.69, 9.17) is 17.2 Å². The molecule has 0 aliphatic rings. The summed E-state index contributed by atoms with van der Waals surface area (Å²) in [6.45, 7) is -5.46. The van der Waals surface area contributed by atoms with Gasteiger partial charge < -0.3 is 86.9 Å². The van der Waals surface area contributed by atoms with E-state index in [1.165, 1.54) is 73.0 Å². The Balaban J connectivity index is 0.834. The third-order valence-corrected chi connectivity index (χ3v) is 19.1. The Kier molecular flexibility index (Phi) is 32.0. The molecule has 0 aliphatic heterocycles. The summed E-state index contributed by atoms with van der Waals surface area (Å²) in [7, 11) is 1.33. The molecule has 654 valence electrons. The van der Waals surface area contributed by atoms with Crippen molar-refractivity contribution in [3.63, 3.8) is 0 Å². The minimum atomic E-state index is -0.972. The van der Waals surface area contributed by atoms with E-state index in [0.29, 0.717) is 12.1 Å². The smallest absolute Gasteiger partial charge is 0.328 e. The molecule has 0 unspecified atom stereocenters. The fourth-order valence-corrected chi connectivity index (χ4v) is 12.2. The summed E-state index contributed by atoms with van der Waals surface area (Å²) in [5.41, 5.74) is 14.3. The van der Waals surface area contributed by atoms with Crippen molar-refractivity contribution >= 4 is 140 Å². The Morgan fingerprint density at radius 2 is 0.642 bits per heavy atom. The van der Waals surface area contributed by atoms with Gasteiger partial charge in [-0.15, -0.1) is 0 Å². The van der Waals surface area contributed by atoms with E-state index in [0.717, 1.165) is 68.1 Å². The van der Waals surface area contributed by atoms with Gasteiger partial charge in [0.05, 0.1) is 45.2 Å². The molecule has 0 aliphatic carbocycles. The summed E-state index contributed by atoms with van der Waals surface area (Å²) in [6, 6.07) is 0. The summed E-state index contributed by atoms with van der Waals surface area (Å²) < 4.78 is 12.1. The van der Waals surface area contributed by atoms with Crippen LogP contribution >= 0.6 is 12.1 Å². The van der Waals surface area contributed by atoms with Gasteiger partial charge in [-0.05, 0) is 20.8 Å². The van der Waals surface area contributed by atoms with E-state index in [2.05, 4.69) is 95.8 Å². The van der Waals surface area contributed by atoms with Gasteiger partial charge in [0.1, 0.15) is 94.4 Å². The lowest BCUT2D eigenvalue weighted by Crippen LogP contribution is -2.49. The van der Waals surface area contributed by atoms with Gasteiger partial charge in [0.15, 0.2) is 40.2 Å². The van der Waals surface area contributed by atoms with Crippen LogP contribution in [0.2, 0.25) is 0 Å². The van der Waals surface area contributed by atoms with Gasteiger partial charge >= 0.3 is 17.1 Å². The topological polar surface area (TPSA) is 699 Å². The maximum absolute atomic E-state index is 14.3. The van der Waals surface area contributed by atoms with E-state index >= 15 is 0 Å². The number of aryl methyl sites for hydroxylation is 3. The number of nitrogens with two attached hydrogens (primary N) is 3. The van der Waals surface area contributed by atoms with Crippen molar-refractivity contribution in [1.82, 2.24) is 153 Å². The van der Waals surface area contributed by atoms with Crippen LogP contribution in [-0.4, -0.2) is 312 Å². The van der Waals surface area contributed by atoms with Gasteiger partial charge in [0.2, 0.25) is 70.9 Å². The third-order valence-electron chi connectivity index (χ3n) is 18.4. The highest BCUT2D eigenvalue weighted by molar-refractivity contribution is 7.96. The number of carbonyl (C=O) groups excluding carboxylic acids is 13. The van der Waals surface area contributed by atoms with E-state index in [9.17, 15) is 91.1 Å². The Hall–Kier alpha value is -15.3. The number of anilines is 3. The highest BCUT2D eigenvalue weighted by atomic mass is 32.2. The van der Waals surface area contributed by atoms with Crippen molar-refractivity contribution in [3.8, 4) is 0 Å². The molecule has 16 N–H and O–H groups in total. The second-order valence-corrected chi connectivity index (χ2v) is 28.0. The molecular formula is C69H88N34O19S. The van der Waals surface area contributed by atoms with Crippen LogP contribution in [0.4, 0.5) is 17.5 Å². The molecule has 9 rings (SSSR count). The SMILES string of the molecule is CCC(=O)CN(CCNC(=O)CN(CCNC(=O)CN(CCNSNC(=O)CN(CCNC(=O)CN(CCNC(=O)CN(CC(=O)NC)C(=O)Cn1cnc2c(N)ncnc21)C(=O)Cn1cnc2c(N)ncnc21)C(=O)Cn1cnc2c(N)ncnc21)C(=O)Cn1cc(C)c(=O)[nH]c1=O)C(=O)Cn1cc(C)c(=O)[nH]c1=O)C(=O)Cn1cc(C)c(=O)[nH]c1=O. The Morgan fingerprint density at radius 3 is 0.959 bits per heavy atom. The van der Waals surface area contributed by atoms with Crippen molar-refractivity contribution in [2.24, 2.45) is 0 Å². The number of nitrogen functional groups attached to an aromatic ring is 3. The number of hydrogen-bond donors (Lipinski definition) is 13. The number of aromatic nitrogens is 18. The van der Waals surface area contributed by atoms with Crippen LogP contribution in [0, 0.1) is 20.8 Å². The zero-order chi connectivity index (χ0) is 89.3. The minimum absolute atomic E-state index is 0.00193. The zero-order valence-corrected chi connectivity index (χ0v) is 67.8. The molecule has 0 aromatic carbocycles. The molecular weight excluding hydrogens is 1640 g/mol. The maximum Gasteiger partial charge on any atom is 0.328 e. The van der Waals surface area contributed by atoms with Gasteiger partial charge in [0, 0.05) is 126 Å². The lowest BCUT2D eigenvalue weighted by molar-refractivity contribution is -0.139. The number of likely N-dealkylation sites (N-methyl/N-ethyl adjacent to an activating group) is 1. The Bertz CT molecular complexity index is 5880. The molecule has 0 saturated carbocycles. The monoisotopic (exact) mass is 1730 g/mol. The molecule has 54 heteroatoms. The Morgan fingerprint density at radius 1 is 0.366 bits per heavy atom. The molecule has 9 heterocycles. The van der Waals surface area contributed by atoms with Crippen molar-refractivity contribution in [1.29, 1.82) is 0 Å². The summed E-state index contributed by atoms with van der Waals surface area (Å²) in [6.07, 6.45) is 10.7. The molecule has 12 amide bonds. The molecule has 0 fully saturated rings. The second-order valence-electron chi connectivity index (χ2n) is 27.3. The number of carbonyl (C=O) groups is 13. The van der Waals surface area contributed by atoms with E-state index < -0.39 is 203 Å². The number of H-pyrrole nitrogens is 3. The van der Waals surface area contributed by atoms with Crippen LogP contribution in [-0.2, 0) is 102 Å². The normalized spacial score (nSPS) is 11.1. The van der Waals surface area contributed by atoms with Crippen molar-refractivity contribution in [2.75, 3.05) is 136 Å². The minimum Gasteiger partial charge on any atom is -0.382 e. The first kappa shape index (κ1) is 91.6. The van der Waals surface area contributed by atoms with Crippen molar-refractivity contribution in [3.05, 3.63) is 136 Å². The molecule has 9 aromatic rings. The van der Waals surface area contributed by atoms with Gasteiger partial charge in [-0.3, -0.25) is 110 Å². The number of Topliss-reactive ketones (excluding diaryl/α,β-unsaturated/α-hetero) is 1. The van der Waals surface area contributed by atoms with Gasteiger partial charge in [-0.1, -0.05) is 6.92 Å². The van der Waals surface area contributed by atoms with Crippen LogP contribution in [0.15, 0.2) is 85.3 Å². The number of rotatable bonds is 44. The predicted octanol–water partition coefficient (Wildman–Crippen LogP) is -10.7. The molecule has 0 saturated heterocycles. The number of amides is 12. The van der Waals surface area contributed by atoms with Crippen LogP contribution in [0.1, 0.15) is 30.0 Å². The summed E-state index contributed by atoms with van der Waals surface area (Å²) in [5.74, 6) is -9.57. The lowest BCUT2D eigenvalue weighted by atomic mass is 10.2. The molecule has 0 radical (unpaired) electrons. The average molecular weight is 1730 g/mol. The number of hydrogen-bond acceptors (Lipinski definition) is 33. The fraction of sp³-hybridized carbons (Fsp3) is 0.420. The van der Waals surface area contributed by atoms with Crippen LogP contribution in [0.5, 0.6) is 0 Å². The zero-order valence-electron chi connectivity index (χ0n) is 67.0. The molecule has 123 heavy (non-hydrogen) atoms. The number of aromatic amines is 3. The number of nitrogens with one attached hydrogen (secondary N) is 10. The molecule has 9 aromatic heterocycles. The van der Waals surface area contributed by atoms with E-state index in [1.807, 2.05) is 0 Å². The standard InChI is InChI=1S/C69H88N34O19S/c1-6-42(104)20-92(49(111)27-98-17-39(2)64(117)88-67(98)120)12-7-74-44(106)22-93(50(112)28-99-18-40(3)65(118)89-68(99)121)13-8-75-46(108)24-96(51(113)29-100-19-41(4)66(119)90-69(100)122)16-11-87-123-91-48(110)26-95(53(115)31-102-37-85-56-59(71)79-34-82-62(56)102)15-10-76-45(107)23-94(52(114)30-101-36-84-55-58(70)78-33-81-61(55)101)14-9-77-47(109)25-97(21-43(105)73-5)54(116)32-103-38-86-57-60(72)80-35-83-63(57)103/h17-19,33-38,87H,6-16,20-32H2,1-5H3,(H,73,105)(H,74,106)(H,75,108)(H,76,107)(H,77,109)(H,91,110)(H2,70,78,81)(H2,71,79,82)(H2,72,80,83)(H,88,117,120)(H,89,118,121)(H,90,119,122). The van der Waals surface area contributed by atoms with E-state index in [1.54, 1.807) is 6.92 Å². The lowest BCUT2D eigenvalue weighted by Gasteiger charge is -2.25. The van der Waals surface area contributed by atoms with Crippen molar-refractivity contribution < 1.29 is 62.3 Å². The first-order valence-electron chi connectivity index (χ1n) is 37.5. The highest BCUT2D eigenvalue weighted by Gasteiger charge is 2.29. The van der Waals surface area contributed by atoms with Gasteiger partial charge in [-0.25, -0.2) is 64.0 Å². The first-order valence-corrected chi connectivity index (χ1v) is 38.3. The number of nitrogens with zero attached hydrogens (tertiary/aromatic N) is 21. The Labute approximate surface area is 696 Å². The quantitative estimate of drug-likeness (QED) is 0.0125. The summed E-state index contributed by atoms with van der Waals surface area (Å²) >= 11 is 0.578. The predicted molar refractivity (Wildman–Crippen MR) is 432 cm³/mol. The summed E-state index contributed by atoms with van der Waals surface area (Å²) in [4.78, 5) is 302. The van der Waals surface area contributed by atoms with Crippen LogP contribution in [0.3, 0.4) is 0 Å².